The highest BCUT2D eigenvalue weighted by Crippen LogP contribution is 2.32. The molecule has 23 heavy (non-hydrogen) atoms. The fourth-order valence-corrected chi connectivity index (χ4v) is 3.45. The van der Waals surface area contributed by atoms with Crippen LogP contribution < -0.4 is 4.90 Å². The summed E-state index contributed by atoms with van der Waals surface area (Å²) in [6.07, 6.45) is 0. The number of carbonyl (C=O) groups is 1. The summed E-state index contributed by atoms with van der Waals surface area (Å²) in [5.41, 5.74) is 0.0767. The van der Waals surface area contributed by atoms with Crippen molar-refractivity contribution in [2.75, 3.05) is 11.4 Å². The molecule has 3 rings (SSSR count). The van der Waals surface area contributed by atoms with Crippen LogP contribution in [-0.2, 0) is 0 Å². The second kappa shape index (κ2) is 6.18. The number of aliphatic hydroxyl groups is 1. The highest BCUT2D eigenvalue weighted by atomic mass is 127. The maximum absolute atomic E-state index is 12.7. The zero-order chi connectivity index (χ0) is 16.6. The number of hydrogen-bond donors (Lipinski definition) is 1. The van der Waals surface area contributed by atoms with Gasteiger partial charge in [0.1, 0.15) is 0 Å². The van der Waals surface area contributed by atoms with Gasteiger partial charge in [-0.1, -0.05) is 18.2 Å². The number of carbonyl (C=O) groups excluding carboxylic acids is 1. The number of halogens is 1. The van der Waals surface area contributed by atoms with Gasteiger partial charge in [0.05, 0.1) is 6.54 Å². The van der Waals surface area contributed by atoms with Crippen molar-refractivity contribution in [3.63, 3.8) is 0 Å². The number of thiocarbonyl (C=S) groups is 1. The predicted octanol–water partition coefficient (Wildman–Crippen LogP) is 3.25. The van der Waals surface area contributed by atoms with Crippen molar-refractivity contribution < 1.29 is 9.90 Å². The van der Waals surface area contributed by atoms with E-state index >= 15 is 0 Å². The molecule has 0 radical (unpaired) electrons. The van der Waals surface area contributed by atoms with Crippen LogP contribution in [0.5, 0.6) is 0 Å². The Balaban J connectivity index is 1.93. The van der Waals surface area contributed by atoms with Crippen molar-refractivity contribution in [1.29, 1.82) is 0 Å². The molecule has 2 aromatic rings. The molecule has 4 nitrogen and oxygen atoms in total. The molecule has 0 bridgehead atoms. The minimum absolute atomic E-state index is 0.131. The van der Waals surface area contributed by atoms with Crippen LogP contribution in [0.2, 0.25) is 0 Å². The van der Waals surface area contributed by atoms with Crippen molar-refractivity contribution in [2.45, 2.75) is 12.6 Å². The van der Waals surface area contributed by atoms with E-state index in [0.29, 0.717) is 10.7 Å². The summed E-state index contributed by atoms with van der Waals surface area (Å²) < 4.78 is 1.09. The van der Waals surface area contributed by atoms with Crippen LogP contribution in [0, 0.1) is 3.57 Å². The Hall–Kier alpha value is -1.51. The Morgan fingerprint density at radius 2 is 1.78 bits per heavy atom. The van der Waals surface area contributed by atoms with E-state index in [0.717, 1.165) is 9.26 Å². The smallest absolute Gasteiger partial charge is 0.260 e. The third kappa shape index (κ3) is 3.11. The third-order valence-electron chi connectivity index (χ3n) is 3.71. The molecule has 118 valence electrons. The van der Waals surface area contributed by atoms with Crippen LogP contribution in [-0.4, -0.2) is 33.3 Å². The van der Waals surface area contributed by atoms with E-state index in [4.69, 9.17) is 12.2 Å². The summed E-state index contributed by atoms with van der Waals surface area (Å²) >= 11 is 7.69. The second-order valence-corrected chi connectivity index (χ2v) is 7.18. The standard InChI is InChI=1S/C17H15IN2O2S/c1-17(22)11-19(15(21)12-5-3-2-4-6-12)16(23)20(17)14-9-7-13(18)8-10-14/h2-10,22H,11H2,1H3/t17-/m1/s1. The summed E-state index contributed by atoms with van der Waals surface area (Å²) in [7, 11) is 0. The van der Waals surface area contributed by atoms with Gasteiger partial charge in [-0.2, -0.15) is 0 Å². The molecule has 0 unspecified atom stereocenters. The van der Waals surface area contributed by atoms with Gasteiger partial charge in [-0.25, -0.2) is 0 Å². The van der Waals surface area contributed by atoms with E-state index in [9.17, 15) is 9.90 Å². The molecule has 0 aliphatic carbocycles. The molecule has 1 atom stereocenters. The molecule has 0 saturated carbocycles. The predicted molar refractivity (Wildman–Crippen MR) is 102 cm³/mol. The lowest BCUT2D eigenvalue weighted by atomic mass is 10.2. The molecule has 0 aromatic heterocycles. The lowest BCUT2D eigenvalue weighted by molar-refractivity contribution is 0.0588. The van der Waals surface area contributed by atoms with Gasteiger partial charge in [0.2, 0.25) is 0 Å². The quantitative estimate of drug-likeness (QED) is 0.578. The minimum Gasteiger partial charge on any atom is -0.369 e. The van der Waals surface area contributed by atoms with E-state index in [2.05, 4.69) is 22.6 Å². The lowest BCUT2D eigenvalue weighted by Gasteiger charge is -2.29. The lowest BCUT2D eigenvalue weighted by Crippen LogP contribution is -2.44. The van der Waals surface area contributed by atoms with Gasteiger partial charge >= 0.3 is 0 Å². The van der Waals surface area contributed by atoms with Crippen LogP contribution in [0.15, 0.2) is 54.6 Å². The number of anilines is 1. The van der Waals surface area contributed by atoms with Crippen molar-refractivity contribution in [2.24, 2.45) is 0 Å². The number of benzene rings is 2. The fraction of sp³-hybridized carbons (Fsp3) is 0.176. The first kappa shape index (κ1) is 16.4. The van der Waals surface area contributed by atoms with Crippen LogP contribution in [0.1, 0.15) is 17.3 Å². The summed E-state index contributed by atoms with van der Waals surface area (Å²) in [4.78, 5) is 15.7. The molecule has 6 heteroatoms. The number of hydrogen-bond acceptors (Lipinski definition) is 3. The largest absolute Gasteiger partial charge is 0.369 e. The Morgan fingerprint density at radius 1 is 1.17 bits per heavy atom. The summed E-state index contributed by atoms with van der Waals surface area (Å²) in [6.45, 7) is 1.79. The van der Waals surface area contributed by atoms with E-state index in [1.54, 1.807) is 36.1 Å². The molecule has 1 fully saturated rings. The van der Waals surface area contributed by atoms with E-state index < -0.39 is 5.72 Å². The van der Waals surface area contributed by atoms with E-state index in [1.807, 2.05) is 30.3 Å². The van der Waals surface area contributed by atoms with Gasteiger partial charge < -0.3 is 5.11 Å². The first-order valence-corrected chi connectivity index (χ1v) is 8.58. The second-order valence-electron chi connectivity index (χ2n) is 5.57. The Kier molecular flexibility index (Phi) is 4.39. The van der Waals surface area contributed by atoms with E-state index in [1.165, 1.54) is 4.90 Å². The Morgan fingerprint density at radius 3 is 2.39 bits per heavy atom. The molecule has 1 aliphatic heterocycles. The molecule has 1 aliphatic rings. The van der Waals surface area contributed by atoms with Crippen LogP contribution in [0.3, 0.4) is 0 Å². The van der Waals surface area contributed by atoms with Gasteiger partial charge in [-0.3, -0.25) is 14.6 Å². The van der Waals surface area contributed by atoms with Gasteiger partial charge in [0, 0.05) is 14.8 Å². The third-order valence-corrected chi connectivity index (χ3v) is 4.83. The normalized spacial score (nSPS) is 20.9. The van der Waals surface area contributed by atoms with Gasteiger partial charge in [-0.15, -0.1) is 0 Å². The van der Waals surface area contributed by atoms with Crippen LogP contribution >= 0.6 is 34.8 Å². The maximum atomic E-state index is 12.7. The summed E-state index contributed by atoms with van der Waals surface area (Å²) in [5, 5.41) is 11.1. The van der Waals surface area contributed by atoms with Crippen molar-refractivity contribution in [1.82, 2.24) is 4.90 Å². The molecule has 1 N–H and O–H groups in total. The molecule has 1 saturated heterocycles. The summed E-state index contributed by atoms with van der Waals surface area (Å²) in [5.74, 6) is -0.205. The minimum atomic E-state index is -1.24. The van der Waals surface area contributed by atoms with Crippen molar-refractivity contribution in [3.8, 4) is 0 Å². The molecule has 0 spiro atoms. The first-order valence-electron chi connectivity index (χ1n) is 7.09. The number of amides is 1. The average Bonchev–Trinajstić information content (AvgIpc) is 2.78. The van der Waals surface area contributed by atoms with Crippen LogP contribution in [0.4, 0.5) is 5.69 Å². The highest BCUT2D eigenvalue weighted by Gasteiger charge is 2.46. The fourth-order valence-electron chi connectivity index (χ4n) is 2.64. The monoisotopic (exact) mass is 438 g/mol. The first-order chi connectivity index (χ1) is 10.9. The number of β-amino-alcohol motifs (C(OH)–C–C–N with tert-alkyl or cyclic N) is 1. The zero-order valence-corrected chi connectivity index (χ0v) is 15.4. The number of rotatable bonds is 2. The molecule has 2 aromatic carbocycles. The summed E-state index contributed by atoms with van der Waals surface area (Å²) in [6, 6.07) is 16.6. The Bertz CT molecular complexity index is 747. The van der Waals surface area contributed by atoms with Gasteiger partial charge in [-0.05, 0) is 78.1 Å². The molecule has 1 heterocycles. The van der Waals surface area contributed by atoms with Crippen molar-refractivity contribution >= 4 is 51.5 Å². The van der Waals surface area contributed by atoms with Crippen molar-refractivity contribution in [3.05, 3.63) is 63.7 Å². The molecular formula is C17H15IN2O2S. The zero-order valence-electron chi connectivity index (χ0n) is 12.4. The maximum Gasteiger partial charge on any atom is 0.260 e. The Labute approximate surface area is 153 Å². The SMILES string of the molecule is C[C@@]1(O)CN(C(=O)c2ccccc2)C(=S)N1c1ccc(I)cc1. The average molecular weight is 438 g/mol. The van der Waals surface area contributed by atoms with Gasteiger partial charge in [0.25, 0.3) is 5.91 Å². The number of nitrogens with zero attached hydrogens (tertiary/aromatic N) is 2. The highest BCUT2D eigenvalue weighted by molar-refractivity contribution is 14.1. The van der Waals surface area contributed by atoms with Crippen LogP contribution in [0.25, 0.3) is 0 Å². The van der Waals surface area contributed by atoms with Gasteiger partial charge in [0.15, 0.2) is 10.8 Å². The van der Waals surface area contributed by atoms with E-state index in [-0.39, 0.29) is 12.5 Å². The molecule has 1 amide bonds. The molecular weight excluding hydrogens is 423 g/mol. The topological polar surface area (TPSA) is 43.8 Å².